The van der Waals surface area contributed by atoms with Crippen molar-refractivity contribution in [2.45, 2.75) is 46.8 Å². The normalized spacial score (nSPS) is 35.9. The molecule has 0 aliphatic carbocycles. The van der Waals surface area contributed by atoms with Crippen molar-refractivity contribution in [3.63, 3.8) is 0 Å². The van der Waals surface area contributed by atoms with Crippen LogP contribution in [0.5, 0.6) is 0 Å². The quantitative estimate of drug-likeness (QED) is 0.776. The standard InChI is InChI=1S/C12H23NO2/c1-7(2)6-13-12(14)11-8(3)9(4)15-10(11)5/h7-11H,6H2,1-5H3,(H,13,14). The second kappa shape index (κ2) is 4.97. The summed E-state index contributed by atoms with van der Waals surface area (Å²) in [5.41, 5.74) is 0. The van der Waals surface area contributed by atoms with Crippen molar-refractivity contribution in [2.24, 2.45) is 17.8 Å². The zero-order chi connectivity index (χ0) is 11.6. The fraction of sp³-hybridized carbons (Fsp3) is 0.917. The average Bonchev–Trinajstić information content (AvgIpc) is 2.37. The van der Waals surface area contributed by atoms with Gasteiger partial charge in [0.2, 0.25) is 5.91 Å². The van der Waals surface area contributed by atoms with Gasteiger partial charge in [-0.1, -0.05) is 20.8 Å². The Bertz CT molecular complexity index is 228. The monoisotopic (exact) mass is 213 g/mol. The molecule has 1 N–H and O–H groups in total. The third-order valence-electron chi connectivity index (χ3n) is 3.23. The zero-order valence-electron chi connectivity index (χ0n) is 10.4. The van der Waals surface area contributed by atoms with E-state index < -0.39 is 0 Å². The van der Waals surface area contributed by atoms with Gasteiger partial charge in [-0.05, 0) is 25.7 Å². The van der Waals surface area contributed by atoms with E-state index in [-0.39, 0.29) is 24.0 Å². The van der Waals surface area contributed by atoms with E-state index in [9.17, 15) is 4.79 Å². The van der Waals surface area contributed by atoms with Crippen molar-refractivity contribution >= 4 is 5.91 Å². The first kappa shape index (κ1) is 12.5. The molecule has 1 fully saturated rings. The van der Waals surface area contributed by atoms with E-state index in [0.717, 1.165) is 6.54 Å². The number of rotatable bonds is 3. The van der Waals surface area contributed by atoms with E-state index in [0.29, 0.717) is 11.8 Å². The molecule has 4 unspecified atom stereocenters. The maximum atomic E-state index is 11.9. The lowest BCUT2D eigenvalue weighted by Gasteiger charge is -2.18. The van der Waals surface area contributed by atoms with E-state index in [1.165, 1.54) is 0 Å². The van der Waals surface area contributed by atoms with Crippen LogP contribution >= 0.6 is 0 Å². The van der Waals surface area contributed by atoms with Crippen LogP contribution in [0.3, 0.4) is 0 Å². The second-order valence-corrected chi connectivity index (χ2v) is 5.07. The van der Waals surface area contributed by atoms with Gasteiger partial charge in [-0.15, -0.1) is 0 Å². The summed E-state index contributed by atoms with van der Waals surface area (Å²) in [6.45, 7) is 11.1. The Hall–Kier alpha value is -0.570. The number of carbonyl (C=O) groups is 1. The van der Waals surface area contributed by atoms with Gasteiger partial charge in [0.05, 0.1) is 18.1 Å². The Morgan fingerprint density at radius 2 is 1.87 bits per heavy atom. The Morgan fingerprint density at radius 1 is 1.27 bits per heavy atom. The molecule has 3 nitrogen and oxygen atoms in total. The Kier molecular flexibility index (Phi) is 4.14. The first-order valence-corrected chi connectivity index (χ1v) is 5.86. The van der Waals surface area contributed by atoms with E-state index in [1.807, 2.05) is 13.8 Å². The molecule has 1 amide bonds. The molecule has 0 radical (unpaired) electrons. The van der Waals surface area contributed by atoms with Crippen LogP contribution in [0.4, 0.5) is 0 Å². The molecule has 3 heteroatoms. The average molecular weight is 213 g/mol. The molecule has 4 atom stereocenters. The number of amides is 1. The summed E-state index contributed by atoms with van der Waals surface area (Å²) in [6, 6.07) is 0. The Balaban J connectivity index is 2.51. The van der Waals surface area contributed by atoms with Gasteiger partial charge < -0.3 is 10.1 Å². The number of ether oxygens (including phenoxy) is 1. The third kappa shape index (κ3) is 2.94. The van der Waals surface area contributed by atoms with Gasteiger partial charge in [0.15, 0.2) is 0 Å². The first-order valence-electron chi connectivity index (χ1n) is 5.86. The number of hydrogen-bond donors (Lipinski definition) is 1. The number of nitrogens with one attached hydrogen (secondary N) is 1. The predicted octanol–water partition coefficient (Wildman–Crippen LogP) is 1.82. The summed E-state index contributed by atoms with van der Waals surface area (Å²) in [4.78, 5) is 11.9. The van der Waals surface area contributed by atoms with Crippen LogP contribution in [-0.2, 0) is 9.53 Å². The van der Waals surface area contributed by atoms with Gasteiger partial charge in [0, 0.05) is 6.54 Å². The lowest BCUT2D eigenvalue weighted by Crippen LogP contribution is -2.38. The summed E-state index contributed by atoms with van der Waals surface area (Å²) in [6.07, 6.45) is 0.233. The van der Waals surface area contributed by atoms with Crippen molar-refractivity contribution in [1.29, 1.82) is 0 Å². The molecule has 0 aromatic heterocycles. The van der Waals surface area contributed by atoms with E-state index >= 15 is 0 Å². The molecule has 1 heterocycles. The van der Waals surface area contributed by atoms with Gasteiger partial charge in [0.1, 0.15) is 0 Å². The maximum Gasteiger partial charge on any atom is 0.226 e. The molecule has 88 valence electrons. The highest BCUT2D eigenvalue weighted by Gasteiger charge is 2.41. The van der Waals surface area contributed by atoms with Crippen LogP contribution < -0.4 is 5.32 Å². The van der Waals surface area contributed by atoms with Crippen molar-refractivity contribution < 1.29 is 9.53 Å². The largest absolute Gasteiger partial charge is 0.374 e. The maximum absolute atomic E-state index is 11.9. The highest BCUT2D eigenvalue weighted by molar-refractivity contribution is 5.79. The minimum atomic E-state index is 0.0127. The van der Waals surface area contributed by atoms with Crippen molar-refractivity contribution in [3.05, 3.63) is 0 Å². The molecule has 1 saturated heterocycles. The molecule has 0 spiro atoms. The fourth-order valence-electron chi connectivity index (χ4n) is 2.14. The molecule has 1 rings (SSSR count). The summed E-state index contributed by atoms with van der Waals surface area (Å²) < 4.78 is 5.65. The molecule has 15 heavy (non-hydrogen) atoms. The minimum Gasteiger partial charge on any atom is -0.374 e. The second-order valence-electron chi connectivity index (χ2n) is 5.07. The van der Waals surface area contributed by atoms with Crippen LogP contribution in [0.1, 0.15) is 34.6 Å². The number of carbonyl (C=O) groups excluding carboxylic acids is 1. The molecule has 1 aliphatic rings. The Morgan fingerprint density at radius 3 is 2.27 bits per heavy atom. The highest BCUT2D eigenvalue weighted by atomic mass is 16.5. The van der Waals surface area contributed by atoms with Gasteiger partial charge >= 0.3 is 0 Å². The molecule has 0 aromatic rings. The molecular weight excluding hydrogens is 190 g/mol. The van der Waals surface area contributed by atoms with Crippen molar-refractivity contribution in [1.82, 2.24) is 5.32 Å². The third-order valence-corrected chi connectivity index (χ3v) is 3.23. The summed E-state index contributed by atoms with van der Waals surface area (Å²) in [5, 5.41) is 2.99. The number of hydrogen-bond acceptors (Lipinski definition) is 2. The topological polar surface area (TPSA) is 38.3 Å². The minimum absolute atomic E-state index is 0.0127. The SMILES string of the molecule is CC(C)CNC(=O)C1C(C)OC(C)C1C. The lowest BCUT2D eigenvalue weighted by molar-refractivity contribution is -0.127. The molecule has 1 aliphatic heterocycles. The molecular formula is C12H23NO2. The van der Waals surface area contributed by atoms with E-state index in [1.54, 1.807) is 0 Å². The zero-order valence-corrected chi connectivity index (χ0v) is 10.4. The molecule has 0 bridgehead atoms. The summed E-state index contributed by atoms with van der Waals surface area (Å²) >= 11 is 0. The molecule has 0 saturated carbocycles. The summed E-state index contributed by atoms with van der Waals surface area (Å²) in [5.74, 6) is 0.971. The Labute approximate surface area is 92.6 Å². The van der Waals surface area contributed by atoms with Gasteiger partial charge in [0.25, 0.3) is 0 Å². The first-order chi connectivity index (χ1) is 6.93. The van der Waals surface area contributed by atoms with Gasteiger partial charge in [-0.2, -0.15) is 0 Å². The fourth-order valence-corrected chi connectivity index (χ4v) is 2.14. The van der Waals surface area contributed by atoms with Crippen molar-refractivity contribution in [3.8, 4) is 0 Å². The predicted molar refractivity (Wildman–Crippen MR) is 60.5 cm³/mol. The molecule has 0 aromatic carbocycles. The van der Waals surface area contributed by atoms with Crippen LogP contribution in [0.25, 0.3) is 0 Å². The van der Waals surface area contributed by atoms with Crippen LogP contribution in [-0.4, -0.2) is 24.7 Å². The van der Waals surface area contributed by atoms with Gasteiger partial charge in [-0.25, -0.2) is 0 Å². The van der Waals surface area contributed by atoms with E-state index in [2.05, 4.69) is 26.1 Å². The van der Waals surface area contributed by atoms with Gasteiger partial charge in [-0.3, -0.25) is 4.79 Å². The van der Waals surface area contributed by atoms with Crippen LogP contribution in [0.2, 0.25) is 0 Å². The van der Waals surface area contributed by atoms with Crippen LogP contribution in [0, 0.1) is 17.8 Å². The van der Waals surface area contributed by atoms with Crippen molar-refractivity contribution in [2.75, 3.05) is 6.54 Å². The lowest BCUT2D eigenvalue weighted by atomic mass is 9.89. The highest BCUT2D eigenvalue weighted by Crippen LogP contribution is 2.32. The summed E-state index contributed by atoms with van der Waals surface area (Å²) in [7, 11) is 0. The van der Waals surface area contributed by atoms with Crippen LogP contribution in [0.15, 0.2) is 0 Å². The smallest absolute Gasteiger partial charge is 0.226 e. The van der Waals surface area contributed by atoms with E-state index in [4.69, 9.17) is 4.74 Å².